The molecule has 0 aliphatic carbocycles. The van der Waals surface area contributed by atoms with Crippen molar-refractivity contribution < 1.29 is 22.8 Å². The average Bonchev–Trinajstić information content (AvgIpc) is 2.55. The van der Waals surface area contributed by atoms with Crippen molar-refractivity contribution in [1.29, 1.82) is 0 Å². The van der Waals surface area contributed by atoms with E-state index in [1.54, 1.807) is 6.92 Å². The maximum atomic E-state index is 12.4. The summed E-state index contributed by atoms with van der Waals surface area (Å²) in [7, 11) is 1.43. The first-order valence-corrected chi connectivity index (χ1v) is 6.73. The van der Waals surface area contributed by atoms with Crippen LogP contribution in [0.4, 0.5) is 18.0 Å². The Hall–Kier alpha value is -1.51. The second kappa shape index (κ2) is 7.48. The number of urea groups is 1. The number of rotatable bonds is 3. The van der Waals surface area contributed by atoms with Crippen LogP contribution >= 0.6 is 0 Å². The van der Waals surface area contributed by atoms with Gasteiger partial charge in [-0.25, -0.2) is 4.79 Å². The first-order valence-electron chi connectivity index (χ1n) is 6.73. The van der Waals surface area contributed by atoms with Gasteiger partial charge >= 0.3 is 12.2 Å². The normalized spacial score (nSPS) is 20.8. The molecule has 0 aromatic heterocycles. The molecular formula is C12H21F3N4O2. The van der Waals surface area contributed by atoms with E-state index in [0.29, 0.717) is 13.1 Å². The lowest BCUT2D eigenvalue weighted by atomic mass is 10.1. The fourth-order valence-corrected chi connectivity index (χ4v) is 2.30. The SMILES string of the molecule is CNC(=O)NCC(=O)N1CCN(CC(F)(F)F)CC(C)C1. The number of amides is 3. The van der Waals surface area contributed by atoms with E-state index >= 15 is 0 Å². The van der Waals surface area contributed by atoms with Gasteiger partial charge in [0.25, 0.3) is 0 Å². The Kier molecular flexibility index (Phi) is 6.25. The quantitative estimate of drug-likeness (QED) is 0.786. The minimum atomic E-state index is -4.24. The Morgan fingerprint density at radius 2 is 1.90 bits per heavy atom. The minimum Gasteiger partial charge on any atom is -0.341 e. The van der Waals surface area contributed by atoms with Gasteiger partial charge in [0, 0.05) is 33.2 Å². The molecule has 0 radical (unpaired) electrons. The molecule has 0 aromatic carbocycles. The van der Waals surface area contributed by atoms with E-state index in [1.807, 2.05) is 0 Å². The zero-order valence-corrected chi connectivity index (χ0v) is 12.2. The van der Waals surface area contributed by atoms with Crippen molar-refractivity contribution in [2.75, 3.05) is 46.3 Å². The molecule has 1 heterocycles. The van der Waals surface area contributed by atoms with Gasteiger partial charge in [-0.15, -0.1) is 0 Å². The molecule has 1 aliphatic heterocycles. The fourth-order valence-electron chi connectivity index (χ4n) is 2.30. The molecule has 0 saturated carbocycles. The number of carbonyl (C=O) groups excluding carboxylic acids is 2. The highest BCUT2D eigenvalue weighted by molar-refractivity contribution is 5.83. The van der Waals surface area contributed by atoms with Gasteiger partial charge in [0.2, 0.25) is 5.91 Å². The summed E-state index contributed by atoms with van der Waals surface area (Å²) >= 11 is 0. The maximum Gasteiger partial charge on any atom is 0.401 e. The smallest absolute Gasteiger partial charge is 0.341 e. The van der Waals surface area contributed by atoms with Crippen LogP contribution in [0, 0.1) is 5.92 Å². The third kappa shape index (κ3) is 6.65. The molecule has 2 N–H and O–H groups in total. The monoisotopic (exact) mass is 310 g/mol. The molecule has 122 valence electrons. The van der Waals surface area contributed by atoms with Gasteiger partial charge in [-0.05, 0) is 5.92 Å². The van der Waals surface area contributed by atoms with Gasteiger partial charge in [0.15, 0.2) is 0 Å². The van der Waals surface area contributed by atoms with E-state index in [4.69, 9.17) is 0 Å². The molecule has 1 fully saturated rings. The molecule has 1 unspecified atom stereocenters. The van der Waals surface area contributed by atoms with Crippen LogP contribution in [0.1, 0.15) is 6.92 Å². The van der Waals surface area contributed by atoms with Gasteiger partial charge < -0.3 is 15.5 Å². The molecule has 1 saturated heterocycles. The summed E-state index contributed by atoms with van der Waals surface area (Å²) in [4.78, 5) is 25.8. The summed E-state index contributed by atoms with van der Waals surface area (Å²) in [5.41, 5.74) is 0. The summed E-state index contributed by atoms with van der Waals surface area (Å²) in [5, 5.41) is 4.70. The van der Waals surface area contributed by atoms with Crippen molar-refractivity contribution in [2.45, 2.75) is 13.1 Å². The fraction of sp³-hybridized carbons (Fsp3) is 0.833. The Morgan fingerprint density at radius 3 is 2.48 bits per heavy atom. The second-order valence-electron chi connectivity index (χ2n) is 5.23. The van der Waals surface area contributed by atoms with Crippen LogP contribution in [0.2, 0.25) is 0 Å². The Balaban J connectivity index is 2.51. The van der Waals surface area contributed by atoms with E-state index in [1.165, 1.54) is 16.8 Å². The van der Waals surface area contributed by atoms with Crippen molar-refractivity contribution >= 4 is 11.9 Å². The molecule has 0 bridgehead atoms. The minimum absolute atomic E-state index is 0.0567. The van der Waals surface area contributed by atoms with Crippen LogP contribution in [-0.2, 0) is 4.79 Å². The molecule has 0 spiro atoms. The van der Waals surface area contributed by atoms with Crippen molar-refractivity contribution in [3.05, 3.63) is 0 Å². The summed E-state index contributed by atoms with van der Waals surface area (Å²) in [6, 6.07) is -0.468. The maximum absolute atomic E-state index is 12.4. The first-order chi connectivity index (χ1) is 9.71. The Bertz CT molecular complexity index is 376. The van der Waals surface area contributed by atoms with E-state index < -0.39 is 18.8 Å². The highest BCUT2D eigenvalue weighted by atomic mass is 19.4. The van der Waals surface area contributed by atoms with E-state index in [-0.39, 0.29) is 31.5 Å². The largest absolute Gasteiger partial charge is 0.401 e. The molecular weight excluding hydrogens is 289 g/mol. The zero-order chi connectivity index (χ0) is 16.0. The molecule has 3 amide bonds. The molecule has 6 nitrogen and oxygen atoms in total. The third-order valence-corrected chi connectivity index (χ3v) is 3.17. The van der Waals surface area contributed by atoms with Gasteiger partial charge in [-0.3, -0.25) is 9.69 Å². The van der Waals surface area contributed by atoms with Crippen LogP contribution in [0.15, 0.2) is 0 Å². The van der Waals surface area contributed by atoms with Crippen molar-refractivity contribution in [1.82, 2.24) is 20.4 Å². The zero-order valence-electron chi connectivity index (χ0n) is 12.2. The predicted molar refractivity (Wildman–Crippen MR) is 70.7 cm³/mol. The van der Waals surface area contributed by atoms with E-state index in [2.05, 4.69) is 10.6 Å². The summed E-state index contributed by atoms with van der Waals surface area (Å²) in [6.45, 7) is 1.78. The standard InChI is InChI=1S/C12H21F3N4O2/c1-9-6-18(8-12(13,14)15)3-4-19(7-9)10(20)5-17-11(21)16-2/h9H,3-8H2,1-2H3,(H2,16,17,21). The Labute approximate surface area is 121 Å². The van der Waals surface area contributed by atoms with Crippen LogP contribution in [0.5, 0.6) is 0 Å². The van der Waals surface area contributed by atoms with Gasteiger partial charge in [0.05, 0.1) is 13.1 Å². The summed E-state index contributed by atoms with van der Waals surface area (Å²) in [5.74, 6) is -0.349. The summed E-state index contributed by atoms with van der Waals surface area (Å²) < 4.78 is 37.3. The number of alkyl halides is 3. The van der Waals surface area contributed by atoms with Gasteiger partial charge in [0.1, 0.15) is 0 Å². The number of hydrogen-bond acceptors (Lipinski definition) is 3. The highest BCUT2D eigenvalue weighted by Crippen LogP contribution is 2.19. The number of nitrogens with one attached hydrogen (secondary N) is 2. The average molecular weight is 310 g/mol. The lowest BCUT2D eigenvalue weighted by Gasteiger charge is -2.22. The molecule has 1 aliphatic rings. The highest BCUT2D eigenvalue weighted by Gasteiger charge is 2.33. The molecule has 1 rings (SSSR count). The van der Waals surface area contributed by atoms with Crippen LogP contribution in [-0.4, -0.2) is 74.2 Å². The van der Waals surface area contributed by atoms with E-state index in [0.717, 1.165) is 0 Å². The first kappa shape index (κ1) is 17.5. The Morgan fingerprint density at radius 1 is 1.24 bits per heavy atom. The molecule has 9 heteroatoms. The number of carbonyl (C=O) groups is 2. The van der Waals surface area contributed by atoms with Crippen LogP contribution in [0.25, 0.3) is 0 Å². The topological polar surface area (TPSA) is 64.7 Å². The van der Waals surface area contributed by atoms with Crippen molar-refractivity contribution in [3.63, 3.8) is 0 Å². The number of hydrogen-bond donors (Lipinski definition) is 2. The van der Waals surface area contributed by atoms with E-state index in [9.17, 15) is 22.8 Å². The second-order valence-corrected chi connectivity index (χ2v) is 5.23. The lowest BCUT2D eigenvalue weighted by Crippen LogP contribution is -2.44. The number of nitrogens with zero attached hydrogens (tertiary/aromatic N) is 2. The van der Waals surface area contributed by atoms with Gasteiger partial charge in [-0.1, -0.05) is 6.92 Å². The van der Waals surface area contributed by atoms with Crippen LogP contribution in [0.3, 0.4) is 0 Å². The van der Waals surface area contributed by atoms with Crippen LogP contribution < -0.4 is 10.6 Å². The van der Waals surface area contributed by atoms with Crippen molar-refractivity contribution in [3.8, 4) is 0 Å². The third-order valence-electron chi connectivity index (χ3n) is 3.17. The molecule has 21 heavy (non-hydrogen) atoms. The molecule has 1 atom stereocenters. The van der Waals surface area contributed by atoms with Crippen molar-refractivity contribution in [2.24, 2.45) is 5.92 Å². The lowest BCUT2D eigenvalue weighted by molar-refractivity contribution is -0.146. The number of halogens is 3. The van der Waals surface area contributed by atoms with Gasteiger partial charge in [-0.2, -0.15) is 13.2 Å². The molecule has 0 aromatic rings. The summed E-state index contributed by atoms with van der Waals surface area (Å²) in [6.07, 6.45) is -4.24. The predicted octanol–water partition coefficient (Wildman–Crippen LogP) is 0.258.